The van der Waals surface area contributed by atoms with Crippen molar-refractivity contribution < 1.29 is 23.1 Å². The third kappa shape index (κ3) is 3.98. The highest BCUT2D eigenvalue weighted by Crippen LogP contribution is 2.24. The lowest BCUT2D eigenvalue weighted by Gasteiger charge is -2.08. The van der Waals surface area contributed by atoms with Gasteiger partial charge in [0.2, 0.25) is 11.2 Å². The van der Waals surface area contributed by atoms with Crippen LogP contribution in [0.3, 0.4) is 0 Å². The Morgan fingerprint density at radius 3 is 2.55 bits per heavy atom. The third-order valence-electron chi connectivity index (χ3n) is 4.30. The van der Waals surface area contributed by atoms with Crippen molar-refractivity contribution in [1.29, 1.82) is 0 Å². The molecule has 7 nitrogen and oxygen atoms in total. The number of ether oxygens (including phenoxy) is 2. The summed E-state index contributed by atoms with van der Waals surface area (Å²) < 4.78 is 21.4. The van der Waals surface area contributed by atoms with E-state index in [9.17, 15) is 9.59 Å². The molecular weight excluding hydrogens is 374 g/mol. The van der Waals surface area contributed by atoms with Gasteiger partial charge in [-0.25, -0.2) is 0 Å². The van der Waals surface area contributed by atoms with Gasteiger partial charge in [0.05, 0.1) is 25.3 Å². The Hall–Kier alpha value is -4.00. The van der Waals surface area contributed by atoms with Crippen LogP contribution in [0.15, 0.2) is 80.8 Å². The van der Waals surface area contributed by atoms with Gasteiger partial charge in [-0.15, -0.1) is 0 Å². The molecule has 146 valence electrons. The molecule has 1 N–H and O–H groups in total. The number of nitrogens with one attached hydrogen (secondary N) is 1. The molecule has 0 unspecified atom stereocenters. The second-order valence-corrected chi connectivity index (χ2v) is 6.18. The topological polar surface area (TPSA) is 90.9 Å². The Kier molecular flexibility index (Phi) is 5.03. The molecule has 7 heteroatoms. The first-order chi connectivity index (χ1) is 14.1. The molecule has 4 aromatic rings. The molecule has 0 aliphatic rings. The molecule has 1 amide bonds. The molecule has 2 aromatic heterocycles. The molecule has 0 fully saturated rings. The maximum absolute atomic E-state index is 12.6. The van der Waals surface area contributed by atoms with E-state index in [4.69, 9.17) is 18.3 Å². The summed E-state index contributed by atoms with van der Waals surface area (Å²) in [6.45, 7) is 0.299. The van der Waals surface area contributed by atoms with Crippen molar-refractivity contribution >= 4 is 16.9 Å². The summed E-state index contributed by atoms with van der Waals surface area (Å²) in [5.41, 5.74) is 0.570. The van der Waals surface area contributed by atoms with Crippen LogP contribution in [0.25, 0.3) is 11.0 Å². The van der Waals surface area contributed by atoms with Crippen molar-refractivity contribution in [1.82, 2.24) is 5.32 Å². The largest absolute Gasteiger partial charge is 0.497 e. The van der Waals surface area contributed by atoms with Crippen LogP contribution >= 0.6 is 0 Å². The van der Waals surface area contributed by atoms with Crippen LogP contribution in [0.2, 0.25) is 0 Å². The van der Waals surface area contributed by atoms with E-state index in [1.165, 1.54) is 13.4 Å². The van der Waals surface area contributed by atoms with Gasteiger partial charge in [-0.2, -0.15) is 0 Å². The minimum Gasteiger partial charge on any atom is -0.497 e. The Bertz CT molecular complexity index is 1190. The number of rotatable bonds is 6. The number of carbonyl (C=O) groups excluding carboxylic acids is 1. The number of benzene rings is 2. The predicted molar refractivity (Wildman–Crippen MR) is 105 cm³/mol. The molecule has 0 radical (unpaired) electrons. The molecule has 2 aromatic carbocycles. The first-order valence-corrected chi connectivity index (χ1v) is 8.82. The van der Waals surface area contributed by atoms with Crippen molar-refractivity contribution in [3.63, 3.8) is 0 Å². The van der Waals surface area contributed by atoms with Crippen LogP contribution in [0.4, 0.5) is 0 Å². The van der Waals surface area contributed by atoms with Gasteiger partial charge in [0.1, 0.15) is 29.1 Å². The maximum Gasteiger partial charge on any atom is 0.251 e. The molecule has 4 rings (SSSR count). The predicted octanol–water partition coefficient (Wildman–Crippen LogP) is 4.12. The number of methoxy groups -OCH3 is 1. The van der Waals surface area contributed by atoms with E-state index in [0.717, 1.165) is 0 Å². The van der Waals surface area contributed by atoms with Crippen LogP contribution in [0.5, 0.6) is 17.2 Å². The van der Waals surface area contributed by atoms with Crippen molar-refractivity contribution in [2.24, 2.45) is 0 Å². The van der Waals surface area contributed by atoms with Crippen LogP contribution in [-0.4, -0.2) is 13.0 Å². The van der Waals surface area contributed by atoms with Gasteiger partial charge in [0, 0.05) is 11.6 Å². The molecule has 0 saturated carbocycles. The summed E-state index contributed by atoms with van der Waals surface area (Å²) in [6.07, 6.45) is 2.81. The van der Waals surface area contributed by atoms with E-state index >= 15 is 0 Å². The molecule has 0 spiro atoms. The minimum atomic E-state index is -0.297. The third-order valence-corrected chi connectivity index (χ3v) is 4.30. The lowest BCUT2D eigenvalue weighted by atomic mass is 10.2. The molecule has 0 atom stereocenters. The fourth-order valence-corrected chi connectivity index (χ4v) is 2.77. The molecule has 0 aliphatic heterocycles. The van der Waals surface area contributed by atoms with Crippen molar-refractivity contribution in [2.75, 3.05) is 7.11 Å². The van der Waals surface area contributed by atoms with Gasteiger partial charge in [-0.1, -0.05) is 0 Å². The van der Waals surface area contributed by atoms with E-state index in [1.807, 2.05) is 0 Å². The molecule has 0 saturated heterocycles. The summed E-state index contributed by atoms with van der Waals surface area (Å²) in [4.78, 5) is 24.8. The zero-order valence-corrected chi connectivity index (χ0v) is 15.5. The monoisotopic (exact) mass is 391 g/mol. The maximum atomic E-state index is 12.6. The number of hydrogen-bond donors (Lipinski definition) is 1. The van der Waals surface area contributed by atoms with Crippen molar-refractivity contribution in [2.45, 2.75) is 6.54 Å². The van der Waals surface area contributed by atoms with Gasteiger partial charge in [-0.05, 0) is 48.5 Å². The van der Waals surface area contributed by atoms with Gasteiger partial charge in [-0.3, -0.25) is 9.59 Å². The van der Waals surface area contributed by atoms with Gasteiger partial charge in [0.25, 0.3) is 5.91 Å². The van der Waals surface area contributed by atoms with Gasteiger partial charge >= 0.3 is 0 Å². The fourth-order valence-electron chi connectivity index (χ4n) is 2.77. The average Bonchev–Trinajstić information content (AvgIpc) is 3.28. The van der Waals surface area contributed by atoms with Gasteiger partial charge < -0.3 is 23.6 Å². The Balaban J connectivity index is 1.47. The second-order valence-electron chi connectivity index (χ2n) is 6.18. The molecular formula is C22H17NO6. The van der Waals surface area contributed by atoms with E-state index in [-0.39, 0.29) is 17.1 Å². The highest BCUT2D eigenvalue weighted by molar-refractivity contribution is 5.94. The summed E-state index contributed by atoms with van der Waals surface area (Å²) in [5, 5.41) is 3.15. The molecule has 0 aliphatic carbocycles. The Labute approximate surface area is 165 Å². The average molecular weight is 391 g/mol. The lowest BCUT2D eigenvalue weighted by molar-refractivity contribution is 0.0948. The number of furan rings is 1. The van der Waals surface area contributed by atoms with Crippen LogP contribution in [0, 0.1) is 0 Å². The molecule has 2 heterocycles. The highest BCUT2D eigenvalue weighted by Gasteiger charge is 2.11. The SMILES string of the molecule is COc1ccc2c(=O)c(Oc3ccc(C(=O)NCc4ccco4)cc3)coc2c1. The molecule has 0 bridgehead atoms. The standard InChI is InChI=1S/C22H17NO6/c1-26-16-8-9-18-19(11-16)28-13-20(21(18)24)29-15-6-4-14(5-7-15)22(25)23-12-17-3-2-10-27-17/h2-11,13H,12H2,1H3,(H,23,25). The van der Waals surface area contributed by atoms with Crippen LogP contribution in [0.1, 0.15) is 16.1 Å². The number of fused-ring (bicyclic) bond motifs is 1. The lowest BCUT2D eigenvalue weighted by Crippen LogP contribution is -2.22. The second kappa shape index (κ2) is 7.93. The first-order valence-electron chi connectivity index (χ1n) is 8.82. The van der Waals surface area contributed by atoms with Crippen LogP contribution in [-0.2, 0) is 6.54 Å². The van der Waals surface area contributed by atoms with E-state index in [1.54, 1.807) is 60.9 Å². The first kappa shape index (κ1) is 18.4. The zero-order chi connectivity index (χ0) is 20.2. The van der Waals surface area contributed by atoms with Gasteiger partial charge in [0.15, 0.2) is 0 Å². The van der Waals surface area contributed by atoms with Crippen molar-refractivity contribution in [3.05, 3.63) is 88.7 Å². The minimum absolute atomic E-state index is 0.0534. The Morgan fingerprint density at radius 1 is 1.03 bits per heavy atom. The smallest absolute Gasteiger partial charge is 0.251 e. The number of amides is 1. The summed E-state index contributed by atoms with van der Waals surface area (Å²) in [5.74, 6) is 1.48. The van der Waals surface area contributed by atoms with E-state index < -0.39 is 0 Å². The Morgan fingerprint density at radius 2 is 1.83 bits per heavy atom. The fraction of sp³-hybridized carbons (Fsp3) is 0.0909. The number of carbonyl (C=O) groups is 1. The van der Waals surface area contributed by atoms with E-state index in [0.29, 0.717) is 40.3 Å². The van der Waals surface area contributed by atoms with E-state index in [2.05, 4.69) is 5.32 Å². The van der Waals surface area contributed by atoms with Crippen molar-refractivity contribution in [3.8, 4) is 17.2 Å². The summed E-state index contributed by atoms with van der Waals surface area (Å²) >= 11 is 0. The van der Waals surface area contributed by atoms with Crippen LogP contribution < -0.4 is 20.2 Å². The highest BCUT2D eigenvalue weighted by atomic mass is 16.5. The normalized spacial score (nSPS) is 10.7. The summed E-state index contributed by atoms with van der Waals surface area (Å²) in [6, 6.07) is 14.9. The molecule has 29 heavy (non-hydrogen) atoms. The number of hydrogen-bond acceptors (Lipinski definition) is 6. The summed E-state index contributed by atoms with van der Waals surface area (Å²) in [7, 11) is 1.54. The quantitative estimate of drug-likeness (QED) is 0.532. The zero-order valence-electron chi connectivity index (χ0n) is 15.5.